The molecule has 1 atom stereocenters. The number of rotatable bonds is 1. The van der Waals surface area contributed by atoms with E-state index in [1.807, 2.05) is 24.3 Å². The van der Waals surface area contributed by atoms with Crippen LogP contribution < -0.4 is 5.32 Å². The SMILES string of the molecule is CC1SC(=NC(=O)c2sc3ccccc3c2Cl)NC1=O. The van der Waals surface area contributed by atoms with Crippen LogP contribution in [0.5, 0.6) is 0 Å². The van der Waals surface area contributed by atoms with Crippen molar-refractivity contribution >= 4 is 61.8 Å². The summed E-state index contributed by atoms with van der Waals surface area (Å²) in [6.45, 7) is 1.76. The topological polar surface area (TPSA) is 58.5 Å². The van der Waals surface area contributed by atoms with Crippen LogP contribution in [0.15, 0.2) is 29.3 Å². The van der Waals surface area contributed by atoms with Crippen LogP contribution in [0.3, 0.4) is 0 Å². The van der Waals surface area contributed by atoms with Crippen LogP contribution in [0.4, 0.5) is 0 Å². The molecule has 20 heavy (non-hydrogen) atoms. The molecule has 0 spiro atoms. The Labute approximate surface area is 128 Å². The molecule has 0 aliphatic carbocycles. The van der Waals surface area contributed by atoms with Gasteiger partial charge >= 0.3 is 0 Å². The van der Waals surface area contributed by atoms with Gasteiger partial charge in [0.1, 0.15) is 4.88 Å². The first-order chi connectivity index (χ1) is 9.56. The minimum atomic E-state index is -0.423. The molecule has 0 radical (unpaired) electrons. The first-order valence-electron chi connectivity index (χ1n) is 5.84. The Morgan fingerprint density at radius 3 is 2.80 bits per heavy atom. The van der Waals surface area contributed by atoms with Gasteiger partial charge in [-0.25, -0.2) is 0 Å². The third-order valence-electron chi connectivity index (χ3n) is 2.82. The summed E-state index contributed by atoms with van der Waals surface area (Å²) < 4.78 is 0.942. The molecule has 1 saturated heterocycles. The molecule has 0 bridgehead atoms. The van der Waals surface area contributed by atoms with E-state index in [2.05, 4.69) is 10.3 Å². The largest absolute Gasteiger partial charge is 0.304 e. The average Bonchev–Trinajstić information content (AvgIpc) is 2.91. The first-order valence-corrected chi connectivity index (χ1v) is 7.91. The van der Waals surface area contributed by atoms with E-state index in [1.54, 1.807) is 6.92 Å². The van der Waals surface area contributed by atoms with Gasteiger partial charge in [-0.2, -0.15) is 4.99 Å². The molecule has 1 aromatic heterocycles. The van der Waals surface area contributed by atoms with Crippen molar-refractivity contribution < 1.29 is 9.59 Å². The third-order valence-corrected chi connectivity index (χ3v) is 5.47. The number of nitrogens with zero attached hydrogens (tertiary/aromatic N) is 1. The summed E-state index contributed by atoms with van der Waals surface area (Å²) in [7, 11) is 0. The van der Waals surface area contributed by atoms with E-state index in [-0.39, 0.29) is 11.2 Å². The summed E-state index contributed by atoms with van der Waals surface area (Å²) in [6.07, 6.45) is 0. The molecule has 3 rings (SSSR count). The second-order valence-electron chi connectivity index (χ2n) is 4.21. The number of hydrogen-bond donors (Lipinski definition) is 1. The van der Waals surface area contributed by atoms with Crippen molar-refractivity contribution in [3.63, 3.8) is 0 Å². The van der Waals surface area contributed by atoms with Crippen LogP contribution in [-0.2, 0) is 4.79 Å². The number of nitrogens with one attached hydrogen (secondary N) is 1. The number of aliphatic imine (C=N–C) groups is 1. The fourth-order valence-corrected chi connectivity index (χ4v) is 4.00. The molecule has 1 aliphatic heterocycles. The number of amides is 2. The minimum Gasteiger partial charge on any atom is -0.304 e. The van der Waals surface area contributed by atoms with Crippen molar-refractivity contribution in [1.29, 1.82) is 0 Å². The standard InChI is InChI=1S/C13H9ClN2O2S2/c1-6-11(17)15-13(19-6)16-12(18)10-9(14)7-4-2-3-5-8(7)20-10/h2-6H,1H3,(H,15,16,17,18). The zero-order chi connectivity index (χ0) is 14.3. The van der Waals surface area contributed by atoms with Crippen molar-refractivity contribution in [1.82, 2.24) is 5.32 Å². The minimum absolute atomic E-state index is 0.135. The van der Waals surface area contributed by atoms with Crippen LogP contribution in [0.2, 0.25) is 5.02 Å². The van der Waals surface area contributed by atoms with E-state index in [9.17, 15) is 9.59 Å². The molecular weight excluding hydrogens is 316 g/mol. The van der Waals surface area contributed by atoms with Gasteiger partial charge in [-0.05, 0) is 13.0 Å². The molecular formula is C13H9ClN2O2S2. The summed E-state index contributed by atoms with van der Waals surface area (Å²) in [5.74, 6) is -0.558. The van der Waals surface area contributed by atoms with E-state index in [1.165, 1.54) is 23.1 Å². The molecule has 1 fully saturated rings. The number of thiophene rings is 1. The van der Waals surface area contributed by atoms with Crippen molar-refractivity contribution in [3.05, 3.63) is 34.2 Å². The van der Waals surface area contributed by atoms with Gasteiger partial charge in [-0.3, -0.25) is 9.59 Å². The Morgan fingerprint density at radius 2 is 2.15 bits per heavy atom. The Hall–Kier alpha value is -1.37. The van der Waals surface area contributed by atoms with Gasteiger partial charge in [-0.15, -0.1) is 11.3 Å². The predicted octanol–water partition coefficient (Wildman–Crippen LogP) is 3.30. The van der Waals surface area contributed by atoms with Gasteiger partial charge in [0.05, 0.1) is 10.3 Å². The number of thioether (sulfide) groups is 1. The number of halogens is 1. The highest BCUT2D eigenvalue weighted by atomic mass is 35.5. The van der Waals surface area contributed by atoms with Gasteiger partial charge in [0.25, 0.3) is 5.91 Å². The highest BCUT2D eigenvalue weighted by Gasteiger charge is 2.27. The number of benzene rings is 1. The molecule has 2 amide bonds. The van der Waals surface area contributed by atoms with Crippen LogP contribution in [0.25, 0.3) is 10.1 Å². The van der Waals surface area contributed by atoms with Crippen LogP contribution >= 0.6 is 34.7 Å². The fraction of sp³-hybridized carbons (Fsp3) is 0.154. The fourth-order valence-electron chi connectivity index (χ4n) is 1.81. The quantitative estimate of drug-likeness (QED) is 0.875. The lowest BCUT2D eigenvalue weighted by Gasteiger charge is -1.94. The number of hydrogen-bond acceptors (Lipinski definition) is 4. The van der Waals surface area contributed by atoms with Crippen LogP contribution in [0, 0.1) is 0 Å². The van der Waals surface area contributed by atoms with Gasteiger partial charge in [0.2, 0.25) is 5.91 Å². The predicted molar refractivity (Wildman–Crippen MR) is 83.8 cm³/mol. The van der Waals surface area contributed by atoms with Gasteiger partial charge in [0, 0.05) is 10.1 Å². The smallest absolute Gasteiger partial charge is 0.291 e. The second kappa shape index (κ2) is 5.20. The van der Waals surface area contributed by atoms with Crippen molar-refractivity contribution in [2.24, 2.45) is 4.99 Å². The van der Waals surface area contributed by atoms with E-state index < -0.39 is 5.91 Å². The number of amidine groups is 1. The highest BCUT2D eigenvalue weighted by molar-refractivity contribution is 8.15. The molecule has 1 aliphatic rings. The Balaban J connectivity index is 1.95. The lowest BCUT2D eigenvalue weighted by molar-refractivity contribution is -0.118. The molecule has 1 unspecified atom stereocenters. The maximum absolute atomic E-state index is 12.2. The summed E-state index contributed by atoms with van der Waals surface area (Å²) in [5.41, 5.74) is 0. The average molecular weight is 325 g/mol. The van der Waals surface area contributed by atoms with Gasteiger partial charge < -0.3 is 5.32 Å². The van der Waals surface area contributed by atoms with Gasteiger partial charge in [0.15, 0.2) is 5.17 Å². The zero-order valence-electron chi connectivity index (χ0n) is 10.3. The first kappa shape index (κ1) is 13.6. The monoisotopic (exact) mass is 324 g/mol. The molecule has 7 heteroatoms. The number of carbonyl (C=O) groups is 2. The van der Waals surface area contributed by atoms with Crippen LogP contribution in [0.1, 0.15) is 16.6 Å². The third kappa shape index (κ3) is 2.34. The zero-order valence-corrected chi connectivity index (χ0v) is 12.7. The van der Waals surface area contributed by atoms with E-state index >= 15 is 0 Å². The van der Waals surface area contributed by atoms with E-state index in [0.717, 1.165) is 10.1 Å². The maximum atomic E-state index is 12.2. The molecule has 2 aromatic rings. The van der Waals surface area contributed by atoms with E-state index in [0.29, 0.717) is 15.1 Å². The Bertz CT molecular complexity index is 754. The molecule has 102 valence electrons. The molecule has 0 saturated carbocycles. The maximum Gasteiger partial charge on any atom is 0.291 e. The molecule has 1 N–H and O–H groups in total. The summed E-state index contributed by atoms with van der Waals surface area (Å²) in [6, 6.07) is 7.54. The lowest BCUT2D eigenvalue weighted by Crippen LogP contribution is -2.23. The Morgan fingerprint density at radius 1 is 1.40 bits per heavy atom. The number of fused-ring (bicyclic) bond motifs is 1. The molecule has 4 nitrogen and oxygen atoms in total. The Kier molecular flexibility index (Phi) is 3.54. The summed E-state index contributed by atoms with van der Waals surface area (Å²) >= 11 is 8.77. The van der Waals surface area contributed by atoms with E-state index in [4.69, 9.17) is 11.6 Å². The van der Waals surface area contributed by atoms with Crippen molar-refractivity contribution in [2.45, 2.75) is 12.2 Å². The second-order valence-corrected chi connectivity index (χ2v) is 6.97. The van der Waals surface area contributed by atoms with Gasteiger partial charge in [-0.1, -0.05) is 41.6 Å². The lowest BCUT2D eigenvalue weighted by atomic mass is 10.2. The summed E-state index contributed by atoms with van der Waals surface area (Å²) in [5, 5.41) is 3.95. The van der Waals surface area contributed by atoms with Crippen LogP contribution in [-0.4, -0.2) is 22.2 Å². The molecule has 1 aromatic carbocycles. The van der Waals surface area contributed by atoms with Crippen molar-refractivity contribution in [2.75, 3.05) is 0 Å². The highest BCUT2D eigenvalue weighted by Crippen LogP contribution is 2.35. The normalized spacial score (nSPS) is 20.6. The summed E-state index contributed by atoms with van der Waals surface area (Å²) in [4.78, 5) is 27.9. The van der Waals surface area contributed by atoms with Crippen molar-refractivity contribution in [3.8, 4) is 0 Å². The molecule has 2 heterocycles. The number of carbonyl (C=O) groups excluding carboxylic acids is 2.